The summed E-state index contributed by atoms with van der Waals surface area (Å²) in [6.07, 6.45) is 2.63. The van der Waals surface area contributed by atoms with Gasteiger partial charge in [-0.3, -0.25) is 9.59 Å². The minimum Gasteiger partial charge on any atom is -0.481 e. The Morgan fingerprint density at radius 1 is 1.29 bits per heavy atom. The van der Waals surface area contributed by atoms with Gasteiger partial charge in [-0.05, 0) is 25.3 Å². The molecule has 1 aliphatic carbocycles. The summed E-state index contributed by atoms with van der Waals surface area (Å²) in [7, 11) is 1.61. The molecule has 1 amide bonds. The molecular formula is C16H21NO4. The number of methoxy groups -OCH3 is 1. The fraction of sp³-hybridized carbons (Fsp3) is 0.500. The second-order valence-electron chi connectivity index (χ2n) is 5.48. The maximum absolute atomic E-state index is 12.3. The second-order valence-corrected chi connectivity index (χ2v) is 5.48. The van der Waals surface area contributed by atoms with Crippen LogP contribution in [0.2, 0.25) is 0 Å². The first-order chi connectivity index (χ1) is 10.1. The second kappa shape index (κ2) is 7.22. The Bertz CT molecular complexity index is 515. The number of benzene rings is 1. The summed E-state index contributed by atoms with van der Waals surface area (Å²) in [5, 5.41) is 12.0. The van der Waals surface area contributed by atoms with Crippen LogP contribution in [0.3, 0.4) is 0 Å². The van der Waals surface area contributed by atoms with E-state index in [1.165, 1.54) is 0 Å². The van der Waals surface area contributed by atoms with E-state index in [0.29, 0.717) is 19.4 Å². The largest absolute Gasteiger partial charge is 0.481 e. The van der Waals surface area contributed by atoms with E-state index in [0.717, 1.165) is 24.1 Å². The molecular weight excluding hydrogens is 270 g/mol. The number of amides is 1. The lowest BCUT2D eigenvalue weighted by Gasteiger charge is -2.26. The zero-order chi connectivity index (χ0) is 15.2. The van der Waals surface area contributed by atoms with Crippen LogP contribution in [0.1, 0.15) is 31.2 Å². The van der Waals surface area contributed by atoms with Gasteiger partial charge < -0.3 is 15.2 Å². The number of carbonyl (C=O) groups is 2. The first kappa shape index (κ1) is 15.5. The van der Waals surface area contributed by atoms with Gasteiger partial charge in [-0.15, -0.1) is 0 Å². The van der Waals surface area contributed by atoms with Gasteiger partial charge in [0.2, 0.25) is 5.91 Å². The Labute approximate surface area is 124 Å². The Morgan fingerprint density at radius 2 is 2.00 bits per heavy atom. The van der Waals surface area contributed by atoms with E-state index in [4.69, 9.17) is 9.84 Å². The number of aliphatic carboxylic acids is 1. The van der Waals surface area contributed by atoms with Crippen LogP contribution in [0.25, 0.3) is 0 Å². The zero-order valence-electron chi connectivity index (χ0n) is 12.2. The van der Waals surface area contributed by atoms with Crippen molar-refractivity contribution in [2.45, 2.75) is 32.3 Å². The molecule has 1 aromatic rings. The van der Waals surface area contributed by atoms with Gasteiger partial charge in [-0.1, -0.05) is 24.6 Å². The third-order valence-corrected chi connectivity index (χ3v) is 3.97. The molecule has 1 aliphatic rings. The van der Waals surface area contributed by atoms with Crippen LogP contribution < -0.4 is 5.32 Å². The summed E-state index contributed by atoms with van der Waals surface area (Å²) < 4.78 is 5.12. The van der Waals surface area contributed by atoms with E-state index in [1.807, 2.05) is 24.3 Å². The highest BCUT2D eigenvalue weighted by Crippen LogP contribution is 2.30. The Morgan fingerprint density at radius 3 is 2.71 bits per heavy atom. The van der Waals surface area contributed by atoms with E-state index in [1.54, 1.807) is 7.11 Å². The highest BCUT2D eigenvalue weighted by atomic mass is 16.5. The van der Waals surface area contributed by atoms with Crippen molar-refractivity contribution in [2.75, 3.05) is 12.4 Å². The lowest BCUT2D eigenvalue weighted by Crippen LogP contribution is -2.31. The van der Waals surface area contributed by atoms with Gasteiger partial charge in [-0.25, -0.2) is 0 Å². The van der Waals surface area contributed by atoms with E-state index in [9.17, 15) is 9.59 Å². The number of carboxylic acids is 1. The summed E-state index contributed by atoms with van der Waals surface area (Å²) in [5.41, 5.74) is 1.65. The third-order valence-electron chi connectivity index (χ3n) is 3.97. The van der Waals surface area contributed by atoms with Gasteiger partial charge in [0, 0.05) is 24.3 Å². The number of nitrogens with one attached hydrogen (secondary N) is 1. The van der Waals surface area contributed by atoms with Crippen molar-refractivity contribution < 1.29 is 19.4 Å². The molecule has 0 saturated heterocycles. The van der Waals surface area contributed by atoms with Crippen molar-refractivity contribution in [3.63, 3.8) is 0 Å². The van der Waals surface area contributed by atoms with Gasteiger partial charge >= 0.3 is 5.97 Å². The first-order valence-corrected chi connectivity index (χ1v) is 7.22. The first-order valence-electron chi connectivity index (χ1n) is 7.22. The lowest BCUT2D eigenvalue weighted by atomic mass is 9.81. The maximum Gasteiger partial charge on any atom is 0.306 e. The van der Waals surface area contributed by atoms with Crippen molar-refractivity contribution in [3.05, 3.63) is 29.8 Å². The molecule has 2 N–H and O–H groups in total. The molecule has 114 valence electrons. The molecule has 0 bridgehead atoms. The minimum absolute atomic E-state index is 0.0931. The summed E-state index contributed by atoms with van der Waals surface area (Å²) in [5.74, 6) is -1.52. The normalized spacial score (nSPS) is 21.8. The zero-order valence-corrected chi connectivity index (χ0v) is 12.2. The third kappa shape index (κ3) is 4.04. The number of hydrogen-bond acceptors (Lipinski definition) is 3. The van der Waals surface area contributed by atoms with E-state index < -0.39 is 11.9 Å². The molecule has 2 rings (SSSR count). The van der Waals surface area contributed by atoms with Gasteiger partial charge in [-0.2, -0.15) is 0 Å². The number of para-hydroxylation sites is 1. The standard InChI is InChI=1S/C16H21NO4/c1-21-10-13-5-2-3-8-14(13)17-15(18)11-6-4-7-12(9-11)16(19)20/h2-3,5,8,11-12H,4,6-7,9-10H2,1H3,(H,17,18)(H,19,20). The van der Waals surface area contributed by atoms with Crippen LogP contribution in [-0.2, 0) is 20.9 Å². The van der Waals surface area contributed by atoms with Crippen molar-refractivity contribution >= 4 is 17.6 Å². The SMILES string of the molecule is COCc1ccccc1NC(=O)C1CCCC(C(=O)O)C1. The predicted molar refractivity (Wildman–Crippen MR) is 78.9 cm³/mol. The van der Waals surface area contributed by atoms with Crippen LogP contribution >= 0.6 is 0 Å². The molecule has 0 aromatic heterocycles. The molecule has 2 atom stereocenters. The topological polar surface area (TPSA) is 75.6 Å². The van der Waals surface area contributed by atoms with Gasteiger partial charge in [0.15, 0.2) is 0 Å². The van der Waals surface area contributed by atoms with Crippen LogP contribution in [0.15, 0.2) is 24.3 Å². The van der Waals surface area contributed by atoms with Crippen LogP contribution in [0, 0.1) is 11.8 Å². The van der Waals surface area contributed by atoms with Crippen molar-refractivity contribution in [1.82, 2.24) is 0 Å². The average molecular weight is 291 g/mol. The van der Waals surface area contributed by atoms with Crippen molar-refractivity contribution in [2.24, 2.45) is 11.8 Å². The molecule has 1 fully saturated rings. The van der Waals surface area contributed by atoms with Gasteiger partial charge in [0.1, 0.15) is 0 Å². The van der Waals surface area contributed by atoms with Crippen LogP contribution in [-0.4, -0.2) is 24.1 Å². The van der Waals surface area contributed by atoms with Crippen molar-refractivity contribution in [1.29, 1.82) is 0 Å². The van der Waals surface area contributed by atoms with Crippen molar-refractivity contribution in [3.8, 4) is 0 Å². The average Bonchev–Trinajstić information content (AvgIpc) is 2.49. The summed E-state index contributed by atoms with van der Waals surface area (Å²) in [4.78, 5) is 23.4. The molecule has 0 aliphatic heterocycles. The number of rotatable bonds is 5. The number of anilines is 1. The fourth-order valence-electron chi connectivity index (χ4n) is 2.81. The van der Waals surface area contributed by atoms with Gasteiger partial charge in [0.25, 0.3) is 0 Å². The number of hydrogen-bond donors (Lipinski definition) is 2. The van der Waals surface area contributed by atoms with E-state index >= 15 is 0 Å². The summed E-state index contributed by atoms with van der Waals surface area (Å²) in [6, 6.07) is 7.49. The lowest BCUT2D eigenvalue weighted by molar-refractivity contribution is -0.143. The molecule has 1 aromatic carbocycles. The summed E-state index contributed by atoms with van der Waals surface area (Å²) in [6.45, 7) is 0.429. The molecule has 2 unspecified atom stereocenters. The monoisotopic (exact) mass is 291 g/mol. The quantitative estimate of drug-likeness (QED) is 0.874. The maximum atomic E-state index is 12.3. The molecule has 5 nitrogen and oxygen atoms in total. The van der Waals surface area contributed by atoms with Crippen LogP contribution in [0.5, 0.6) is 0 Å². The molecule has 5 heteroatoms. The predicted octanol–water partition coefficient (Wildman–Crippen LogP) is 2.66. The van der Waals surface area contributed by atoms with Gasteiger partial charge in [0.05, 0.1) is 12.5 Å². The Hall–Kier alpha value is -1.88. The molecule has 21 heavy (non-hydrogen) atoms. The summed E-state index contributed by atoms with van der Waals surface area (Å²) >= 11 is 0. The Kier molecular flexibility index (Phi) is 5.33. The highest BCUT2D eigenvalue weighted by molar-refractivity contribution is 5.93. The highest BCUT2D eigenvalue weighted by Gasteiger charge is 2.31. The molecule has 0 spiro atoms. The number of ether oxygens (including phenoxy) is 1. The van der Waals surface area contributed by atoms with E-state index in [-0.39, 0.29) is 11.8 Å². The fourth-order valence-corrected chi connectivity index (χ4v) is 2.81. The van der Waals surface area contributed by atoms with E-state index in [2.05, 4.69) is 5.32 Å². The number of carboxylic acid groups (broad SMARTS) is 1. The van der Waals surface area contributed by atoms with Crippen LogP contribution in [0.4, 0.5) is 5.69 Å². The Balaban J connectivity index is 2.02. The molecule has 1 saturated carbocycles. The smallest absolute Gasteiger partial charge is 0.306 e. The number of carbonyl (C=O) groups excluding carboxylic acids is 1. The minimum atomic E-state index is -0.799. The molecule has 0 heterocycles. The molecule has 0 radical (unpaired) electrons.